The highest BCUT2D eigenvalue weighted by Gasteiger charge is 2.32. The van der Waals surface area contributed by atoms with Crippen LogP contribution in [0, 0.1) is 0 Å². The fourth-order valence-corrected chi connectivity index (χ4v) is 5.73. The molecule has 0 aliphatic carbocycles. The molecule has 3 aromatic rings. The summed E-state index contributed by atoms with van der Waals surface area (Å²) < 4.78 is 33.9. The van der Waals surface area contributed by atoms with Crippen molar-refractivity contribution in [2.75, 3.05) is 31.0 Å². The Morgan fingerprint density at radius 1 is 1.00 bits per heavy atom. The Bertz CT molecular complexity index is 1370. The number of hydrogen-bond acceptors (Lipinski definition) is 5. The van der Waals surface area contributed by atoms with Gasteiger partial charge in [0.1, 0.15) is 18.3 Å². The number of anilines is 1. The van der Waals surface area contributed by atoms with Crippen LogP contribution >= 0.6 is 11.6 Å². The lowest BCUT2D eigenvalue weighted by atomic mass is 10.1. The zero-order chi connectivity index (χ0) is 29.1. The fraction of sp³-hybridized carbons (Fsp3) is 0.333. The molecule has 3 rings (SSSR count). The van der Waals surface area contributed by atoms with E-state index in [1.54, 1.807) is 37.3 Å². The van der Waals surface area contributed by atoms with Gasteiger partial charge in [-0.3, -0.25) is 13.9 Å². The van der Waals surface area contributed by atoms with E-state index < -0.39 is 28.5 Å². The second-order valence-electron chi connectivity index (χ2n) is 9.31. The van der Waals surface area contributed by atoms with Crippen LogP contribution in [0.5, 0.6) is 5.75 Å². The number of carbonyl (C=O) groups is 2. The van der Waals surface area contributed by atoms with Crippen molar-refractivity contribution in [1.29, 1.82) is 0 Å². The highest BCUT2D eigenvalue weighted by molar-refractivity contribution is 7.92. The number of methoxy groups -OCH3 is 1. The third-order valence-electron chi connectivity index (χ3n) is 6.50. The first-order chi connectivity index (χ1) is 19.2. The molecule has 3 aromatic carbocycles. The van der Waals surface area contributed by atoms with Crippen molar-refractivity contribution in [1.82, 2.24) is 10.2 Å². The Labute approximate surface area is 241 Å². The first kappa shape index (κ1) is 31.0. The van der Waals surface area contributed by atoms with E-state index in [1.807, 2.05) is 37.3 Å². The van der Waals surface area contributed by atoms with E-state index in [2.05, 4.69) is 5.32 Å². The Morgan fingerprint density at radius 2 is 1.70 bits per heavy atom. The topological polar surface area (TPSA) is 96.0 Å². The predicted octanol–water partition coefficient (Wildman–Crippen LogP) is 4.92. The molecular weight excluding hydrogens is 550 g/mol. The smallest absolute Gasteiger partial charge is 0.264 e. The highest BCUT2D eigenvalue weighted by atomic mass is 35.5. The fourth-order valence-electron chi connectivity index (χ4n) is 4.14. The quantitative estimate of drug-likeness (QED) is 0.271. The third kappa shape index (κ3) is 8.22. The number of nitrogens with one attached hydrogen (secondary N) is 1. The summed E-state index contributed by atoms with van der Waals surface area (Å²) in [7, 11) is -2.69. The van der Waals surface area contributed by atoms with Gasteiger partial charge in [0.25, 0.3) is 10.0 Å². The van der Waals surface area contributed by atoms with Gasteiger partial charge in [-0.2, -0.15) is 0 Å². The van der Waals surface area contributed by atoms with Gasteiger partial charge >= 0.3 is 0 Å². The highest BCUT2D eigenvalue weighted by Crippen LogP contribution is 2.27. The van der Waals surface area contributed by atoms with Gasteiger partial charge in [0.2, 0.25) is 11.8 Å². The van der Waals surface area contributed by atoms with Gasteiger partial charge in [-0.25, -0.2) is 8.42 Å². The summed E-state index contributed by atoms with van der Waals surface area (Å²) in [4.78, 5) is 28.3. The van der Waals surface area contributed by atoms with Crippen molar-refractivity contribution < 1.29 is 22.7 Å². The number of carbonyl (C=O) groups excluding carboxylic acids is 2. The molecule has 0 fully saturated rings. The van der Waals surface area contributed by atoms with Crippen molar-refractivity contribution >= 4 is 39.1 Å². The summed E-state index contributed by atoms with van der Waals surface area (Å²) in [5.41, 5.74) is 1.23. The van der Waals surface area contributed by atoms with E-state index in [0.29, 0.717) is 23.7 Å². The number of ether oxygens (including phenoxy) is 1. The van der Waals surface area contributed by atoms with Crippen LogP contribution < -0.4 is 14.4 Å². The molecule has 10 heteroatoms. The van der Waals surface area contributed by atoms with Crippen LogP contribution in [0.2, 0.25) is 5.02 Å². The number of amides is 2. The Kier molecular flexibility index (Phi) is 11.4. The third-order valence-corrected chi connectivity index (χ3v) is 8.53. The maximum Gasteiger partial charge on any atom is 0.264 e. The minimum Gasteiger partial charge on any atom is -0.497 e. The molecule has 1 atom stereocenters. The standard InChI is InChI=1S/C30H36ClN3O5S/c1-4-5-19-32-30(36)23(2)33(20-18-24-10-7-6-8-11-24)29(35)22-34(26-13-9-12-25(31)21-26)40(37,38)28-16-14-27(39-3)15-17-28/h6-17,21,23H,4-5,18-20,22H2,1-3H3,(H,32,36)/t23-/m1/s1. The summed E-state index contributed by atoms with van der Waals surface area (Å²) in [6.07, 6.45) is 2.24. The summed E-state index contributed by atoms with van der Waals surface area (Å²) in [6.45, 7) is 3.90. The molecule has 8 nitrogen and oxygen atoms in total. The predicted molar refractivity (Wildman–Crippen MR) is 158 cm³/mol. The molecule has 0 bridgehead atoms. The minimum atomic E-state index is -4.18. The molecule has 40 heavy (non-hydrogen) atoms. The van der Waals surface area contributed by atoms with Crippen molar-refractivity contribution in [3.63, 3.8) is 0 Å². The van der Waals surface area contributed by atoms with Crippen LogP contribution in [0.15, 0.2) is 83.8 Å². The van der Waals surface area contributed by atoms with Crippen LogP contribution in [0.3, 0.4) is 0 Å². The number of hydrogen-bond donors (Lipinski definition) is 1. The SMILES string of the molecule is CCCCNC(=O)[C@@H](C)N(CCc1ccccc1)C(=O)CN(c1cccc(Cl)c1)S(=O)(=O)c1ccc(OC)cc1. The van der Waals surface area contributed by atoms with Gasteiger partial charge < -0.3 is 15.0 Å². The lowest BCUT2D eigenvalue weighted by molar-refractivity contribution is -0.138. The number of unbranched alkanes of at least 4 members (excludes halogenated alkanes) is 1. The van der Waals surface area contributed by atoms with Crippen LogP contribution in [0.4, 0.5) is 5.69 Å². The second kappa shape index (κ2) is 14.7. The van der Waals surface area contributed by atoms with E-state index in [0.717, 1.165) is 22.7 Å². The Balaban J connectivity index is 1.95. The lowest BCUT2D eigenvalue weighted by Gasteiger charge is -2.32. The van der Waals surface area contributed by atoms with E-state index in [1.165, 1.54) is 30.2 Å². The van der Waals surface area contributed by atoms with Crippen molar-refractivity contribution in [3.05, 3.63) is 89.4 Å². The second-order valence-corrected chi connectivity index (χ2v) is 11.6. The lowest BCUT2D eigenvalue weighted by Crippen LogP contribution is -2.52. The van der Waals surface area contributed by atoms with Gasteiger partial charge in [-0.15, -0.1) is 0 Å². The van der Waals surface area contributed by atoms with Gasteiger partial charge in [0.05, 0.1) is 17.7 Å². The van der Waals surface area contributed by atoms with Crippen LogP contribution in [-0.4, -0.2) is 57.9 Å². The molecule has 0 saturated heterocycles. The van der Waals surface area contributed by atoms with Gasteiger partial charge in [-0.1, -0.05) is 61.3 Å². The zero-order valence-electron chi connectivity index (χ0n) is 23.0. The van der Waals surface area contributed by atoms with E-state index in [9.17, 15) is 18.0 Å². The molecule has 0 radical (unpaired) electrons. The molecular formula is C30H36ClN3O5S. The Hall–Kier alpha value is -3.56. The van der Waals surface area contributed by atoms with E-state index >= 15 is 0 Å². The summed E-state index contributed by atoms with van der Waals surface area (Å²) >= 11 is 6.21. The van der Waals surface area contributed by atoms with Crippen LogP contribution in [0.1, 0.15) is 32.3 Å². The maximum absolute atomic E-state index is 13.9. The molecule has 214 valence electrons. The molecule has 0 unspecified atom stereocenters. The first-order valence-corrected chi connectivity index (χ1v) is 15.0. The molecule has 0 spiro atoms. The monoisotopic (exact) mass is 585 g/mol. The summed E-state index contributed by atoms with van der Waals surface area (Å²) in [5.74, 6) is -0.298. The largest absolute Gasteiger partial charge is 0.497 e. The Morgan fingerprint density at radius 3 is 2.33 bits per heavy atom. The van der Waals surface area contributed by atoms with Gasteiger partial charge in [0, 0.05) is 18.1 Å². The zero-order valence-corrected chi connectivity index (χ0v) is 24.6. The average molecular weight is 586 g/mol. The van der Waals surface area contributed by atoms with Crippen LogP contribution in [-0.2, 0) is 26.0 Å². The first-order valence-electron chi connectivity index (χ1n) is 13.2. The molecule has 0 aliphatic heterocycles. The molecule has 0 heterocycles. The number of halogens is 1. The molecule has 2 amide bonds. The number of benzene rings is 3. The summed E-state index contributed by atoms with van der Waals surface area (Å²) in [5, 5.41) is 3.21. The van der Waals surface area contributed by atoms with Crippen molar-refractivity contribution in [3.8, 4) is 5.75 Å². The number of sulfonamides is 1. The van der Waals surface area contributed by atoms with E-state index in [4.69, 9.17) is 16.3 Å². The van der Waals surface area contributed by atoms with Gasteiger partial charge in [-0.05, 0) is 67.8 Å². The maximum atomic E-state index is 13.9. The number of rotatable bonds is 14. The normalized spacial score (nSPS) is 11.9. The van der Waals surface area contributed by atoms with Crippen molar-refractivity contribution in [2.24, 2.45) is 0 Å². The average Bonchev–Trinajstić information content (AvgIpc) is 2.96. The molecule has 0 aliphatic rings. The molecule has 0 aromatic heterocycles. The van der Waals surface area contributed by atoms with Gasteiger partial charge in [0.15, 0.2) is 0 Å². The molecule has 0 saturated carbocycles. The van der Waals surface area contributed by atoms with Crippen LogP contribution in [0.25, 0.3) is 0 Å². The van der Waals surface area contributed by atoms with Crippen molar-refractivity contribution in [2.45, 2.75) is 44.0 Å². The minimum absolute atomic E-state index is 0.0118. The van der Waals surface area contributed by atoms with E-state index in [-0.39, 0.29) is 23.0 Å². The summed E-state index contributed by atoms with van der Waals surface area (Å²) in [6, 6.07) is 21.1. The number of nitrogens with zero attached hydrogens (tertiary/aromatic N) is 2. The molecule has 1 N–H and O–H groups in total.